The molecule has 0 aliphatic carbocycles. The standard InChI is InChI=1S/C14H22ClN/c1-10(2)13(9-16-11(3)4)12-7-5-6-8-14(12)15/h5-8,10-11,13,16H,9H2,1-4H3. The second kappa shape index (κ2) is 6.27. The van der Waals surface area contributed by atoms with Crippen LogP contribution >= 0.6 is 11.6 Å². The molecule has 0 bridgehead atoms. The Morgan fingerprint density at radius 1 is 1.12 bits per heavy atom. The Morgan fingerprint density at radius 2 is 1.75 bits per heavy atom. The third-order valence-electron chi connectivity index (χ3n) is 2.86. The van der Waals surface area contributed by atoms with Gasteiger partial charge in [-0.1, -0.05) is 57.5 Å². The summed E-state index contributed by atoms with van der Waals surface area (Å²) < 4.78 is 0. The molecule has 1 N–H and O–H groups in total. The van der Waals surface area contributed by atoms with Crippen LogP contribution in [0.4, 0.5) is 0 Å². The van der Waals surface area contributed by atoms with E-state index in [9.17, 15) is 0 Å². The van der Waals surface area contributed by atoms with E-state index in [0.717, 1.165) is 11.6 Å². The van der Waals surface area contributed by atoms with Crippen LogP contribution in [0.5, 0.6) is 0 Å². The average molecular weight is 240 g/mol. The first kappa shape index (κ1) is 13.5. The minimum atomic E-state index is 0.482. The molecule has 0 radical (unpaired) electrons. The molecule has 1 rings (SSSR count). The molecular formula is C14H22ClN. The fraction of sp³-hybridized carbons (Fsp3) is 0.571. The second-order valence-electron chi connectivity index (χ2n) is 4.93. The van der Waals surface area contributed by atoms with E-state index in [1.165, 1.54) is 5.56 Å². The van der Waals surface area contributed by atoms with Crippen LogP contribution in [0.3, 0.4) is 0 Å². The zero-order valence-corrected chi connectivity index (χ0v) is 11.4. The molecule has 0 aromatic heterocycles. The van der Waals surface area contributed by atoms with Crippen LogP contribution in [0, 0.1) is 5.92 Å². The first-order valence-corrected chi connectivity index (χ1v) is 6.38. The van der Waals surface area contributed by atoms with Crippen LogP contribution in [0.15, 0.2) is 24.3 Å². The van der Waals surface area contributed by atoms with Crippen molar-refractivity contribution >= 4 is 11.6 Å². The fourth-order valence-electron chi connectivity index (χ4n) is 1.84. The van der Waals surface area contributed by atoms with Crippen molar-refractivity contribution in [3.63, 3.8) is 0 Å². The minimum absolute atomic E-state index is 0.482. The number of hydrogen-bond acceptors (Lipinski definition) is 1. The van der Waals surface area contributed by atoms with E-state index >= 15 is 0 Å². The smallest absolute Gasteiger partial charge is 0.0441 e. The van der Waals surface area contributed by atoms with Crippen LogP contribution in [-0.2, 0) is 0 Å². The molecule has 2 heteroatoms. The molecule has 0 fully saturated rings. The van der Waals surface area contributed by atoms with Gasteiger partial charge in [-0.2, -0.15) is 0 Å². The maximum absolute atomic E-state index is 6.25. The number of benzene rings is 1. The normalized spacial score (nSPS) is 13.4. The van der Waals surface area contributed by atoms with E-state index in [1.807, 2.05) is 12.1 Å². The lowest BCUT2D eigenvalue weighted by atomic mass is 9.88. The van der Waals surface area contributed by atoms with Gasteiger partial charge in [0, 0.05) is 23.5 Å². The monoisotopic (exact) mass is 239 g/mol. The molecule has 16 heavy (non-hydrogen) atoms. The van der Waals surface area contributed by atoms with Crippen molar-refractivity contribution in [2.45, 2.75) is 39.7 Å². The highest BCUT2D eigenvalue weighted by Crippen LogP contribution is 2.29. The SMILES string of the molecule is CC(C)NCC(c1ccccc1Cl)C(C)C. The van der Waals surface area contributed by atoms with Crippen molar-refractivity contribution < 1.29 is 0 Å². The fourth-order valence-corrected chi connectivity index (χ4v) is 2.12. The van der Waals surface area contributed by atoms with Gasteiger partial charge in [0.25, 0.3) is 0 Å². The highest BCUT2D eigenvalue weighted by molar-refractivity contribution is 6.31. The van der Waals surface area contributed by atoms with Crippen molar-refractivity contribution in [1.29, 1.82) is 0 Å². The van der Waals surface area contributed by atoms with Gasteiger partial charge in [0.1, 0.15) is 0 Å². The lowest BCUT2D eigenvalue weighted by molar-refractivity contribution is 0.441. The minimum Gasteiger partial charge on any atom is -0.314 e. The molecule has 0 saturated heterocycles. The summed E-state index contributed by atoms with van der Waals surface area (Å²) in [4.78, 5) is 0. The van der Waals surface area contributed by atoms with Gasteiger partial charge >= 0.3 is 0 Å². The van der Waals surface area contributed by atoms with Crippen LogP contribution in [0.1, 0.15) is 39.2 Å². The Bertz CT molecular complexity index is 320. The number of nitrogens with one attached hydrogen (secondary N) is 1. The summed E-state index contributed by atoms with van der Waals surface area (Å²) in [5.41, 5.74) is 1.26. The molecular weight excluding hydrogens is 218 g/mol. The third kappa shape index (κ3) is 3.80. The molecule has 0 spiro atoms. The molecule has 0 heterocycles. The largest absolute Gasteiger partial charge is 0.314 e. The van der Waals surface area contributed by atoms with E-state index in [-0.39, 0.29) is 0 Å². The summed E-state index contributed by atoms with van der Waals surface area (Å²) in [7, 11) is 0. The van der Waals surface area contributed by atoms with Gasteiger partial charge in [0.15, 0.2) is 0 Å². The molecule has 0 aliphatic rings. The lowest BCUT2D eigenvalue weighted by Crippen LogP contribution is -2.30. The summed E-state index contributed by atoms with van der Waals surface area (Å²) in [5.74, 6) is 1.07. The Morgan fingerprint density at radius 3 is 2.25 bits per heavy atom. The van der Waals surface area contributed by atoms with Gasteiger partial charge < -0.3 is 5.32 Å². The Labute approximate surface area is 104 Å². The van der Waals surface area contributed by atoms with Crippen molar-refractivity contribution in [2.75, 3.05) is 6.54 Å². The second-order valence-corrected chi connectivity index (χ2v) is 5.34. The van der Waals surface area contributed by atoms with E-state index in [0.29, 0.717) is 17.9 Å². The molecule has 0 saturated carbocycles. The van der Waals surface area contributed by atoms with Gasteiger partial charge in [-0.25, -0.2) is 0 Å². The first-order chi connectivity index (χ1) is 7.52. The molecule has 1 aromatic carbocycles. The molecule has 1 atom stereocenters. The number of halogens is 1. The zero-order chi connectivity index (χ0) is 12.1. The molecule has 90 valence electrons. The zero-order valence-electron chi connectivity index (χ0n) is 10.6. The van der Waals surface area contributed by atoms with E-state index in [4.69, 9.17) is 11.6 Å². The molecule has 1 nitrogen and oxygen atoms in total. The third-order valence-corrected chi connectivity index (χ3v) is 3.20. The quantitative estimate of drug-likeness (QED) is 0.817. The summed E-state index contributed by atoms with van der Waals surface area (Å²) in [5, 5.41) is 4.38. The van der Waals surface area contributed by atoms with E-state index < -0.39 is 0 Å². The Balaban J connectivity index is 2.82. The highest BCUT2D eigenvalue weighted by Gasteiger charge is 2.18. The first-order valence-electron chi connectivity index (χ1n) is 6.00. The highest BCUT2D eigenvalue weighted by atomic mass is 35.5. The summed E-state index contributed by atoms with van der Waals surface area (Å²) in [6, 6.07) is 8.67. The molecule has 0 aliphatic heterocycles. The van der Waals surface area contributed by atoms with Crippen LogP contribution in [0.25, 0.3) is 0 Å². The van der Waals surface area contributed by atoms with E-state index in [1.54, 1.807) is 0 Å². The Hall–Kier alpha value is -0.530. The molecule has 0 amide bonds. The topological polar surface area (TPSA) is 12.0 Å². The van der Waals surface area contributed by atoms with Crippen LogP contribution in [0.2, 0.25) is 5.02 Å². The summed E-state index contributed by atoms with van der Waals surface area (Å²) >= 11 is 6.25. The van der Waals surface area contributed by atoms with Crippen LogP contribution in [-0.4, -0.2) is 12.6 Å². The number of hydrogen-bond donors (Lipinski definition) is 1. The van der Waals surface area contributed by atoms with Gasteiger partial charge in [0.05, 0.1) is 0 Å². The van der Waals surface area contributed by atoms with Gasteiger partial charge in [-0.3, -0.25) is 0 Å². The Kier molecular flexibility index (Phi) is 5.30. The van der Waals surface area contributed by atoms with Crippen LogP contribution < -0.4 is 5.32 Å². The van der Waals surface area contributed by atoms with Gasteiger partial charge in [0.2, 0.25) is 0 Å². The summed E-state index contributed by atoms with van der Waals surface area (Å²) in [6.45, 7) is 9.82. The van der Waals surface area contributed by atoms with Crippen molar-refractivity contribution in [2.24, 2.45) is 5.92 Å². The predicted molar refractivity (Wildman–Crippen MR) is 72.2 cm³/mol. The van der Waals surface area contributed by atoms with E-state index in [2.05, 4.69) is 45.1 Å². The van der Waals surface area contributed by atoms with Gasteiger partial charge in [-0.15, -0.1) is 0 Å². The maximum atomic E-state index is 6.25. The lowest BCUT2D eigenvalue weighted by Gasteiger charge is -2.24. The van der Waals surface area contributed by atoms with Crippen molar-refractivity contribution in [3.05, 3.63) is 34.9 Å². The summed E-state index contributed by atoms with van der Waals surface area (Å²) in [6.07, 6.45) is 0. The number of rotatable bonds is 5. The maximum Gasteiger partial charge on any atom is 0.0441 e. The van der Waals surface area contributed by atoms with Crippen molar-refractivity contribution in [3.8, 4) is 0 Å². The molecule has 1 aromatic rings. The van der Waals surface area contributed by atoms with Gasteiger partial charge in [-0.05, 0) is 17.5 Å². The predicted octanol–water partition coefficient (Wildman–Crippen LogP) is 4.08. The average Bonchev–Trinajstić information content (AvgIpc) is 2.20. The molecule has 1 unspecified atom stereocenters. The van der Waals surface area contributed by atoms with Crippen molar-refractivity contribution in [1.82, 2.24) is 5.32 Å².